The van der Waals surface area contributed by atoms with E-state index in [-0.39, 0.29) is 5.41 Å². The molecule has 65 heavy (non-hydrogen) atoms. The van der Waals surface area contributed by atoms with Crippen LogP contribution in [0.5, 0.6) is 0 Å². The number of pyridine rings is 1. The molecule has 0 aliphatic heterocycles. The molecule has 11 aromatic rings. The summed E-state index contributed by atoms with van der Waals surface area (Å²) in [6.45, 7) is 4.65. The third kappa shape index (κ3) is 6.70. The van der Waals surface area contributed by atoms with E-state index in [0.717, 1.165) is 60.9 Å². The van der Waals surface area contributed by atoms with E-state index in [1.54, 1.807) is 0 Å². The van der Waals surface area contributed by atoms with Crippen molar-refractivity contribution in [2.24, 2.45) is 0 Å². The van der Waals surface area contributed by atoms with Gasteiger partial charge in [-0.15, -0.1) is 0 Å². The van der Waals surface area contributed by atoms with E-state index < -0.39 is 0 Å². The van der Waals surface area contributed by atoms with E-state index in [4.69, 9.17) is 19.9 Å². The van der Waals surface area contributed by atoms with Crippen LogP contribution in [0, 0.1) is 0 Å². The van der Waals surface area contributed by atoms with Gasteiger partial charge in [0.05, 0.1) is 11.2 Å². The van der Waals surface area contributed by atoms with E-state index in [0.29, 0.717) is 17.5 Å². The van der Waals surface area contributed by atoms with Crippen molar-refractivity contribution in [3.63, 3.8) is 0 Å². The van der Waals surface area contributed by atoms with Gasteiger partial charge in [0.1, 0.15) is 0 Å². The third-order valence-electron chi connectivity index (χ3n) is 13.2. The largest absolute Gasteiger partial charge is 0.247 e. The Hall–Kier alpha value is -8.34. The Morgan fingerprint density at radius 3 is 1.38 bits per heavy atom. The number of hydrogen-bond donors (Lipinski definition) is 0. The van der Waals surface area contributed by atoms with Gasteiger partial charge in [-0.3, -0.25) is 0 Å². The summed E-state index contributed by atoms with van der Waals surface area (Å²) in [6, 6.07) is 77.3. The first-order chi connectivity index (χ1) is 32.0. The lowest BCUT2D eigenvalue weighted by atomic mass is 9.81. The lowest BCUT2D eigenvalue weighted by molar-refractivity contribution is 0.660. The Labute approximate surface area is 378 Å². The zero-order chi connectivity index (χ0) is 43.5. The molecule has 0 atom stereocenters. The van der Waals surface area contributed by atoms with Gasteiger partial charge >= 0.3 is 0 Å². The van der Waals surface area contributed by atoms with Crippen molar-refractivity contribution in [2.45, 2.75) is 19.3 Å². The van der Waals surface area contributed by atoms with Gasteiger partial charge in [0.25, 0.3) is 0 Å². The highest BCUT2D eigenvalue weighted by atomic mass is 15.0. The number of fused-ring (bicyclic) bond motifs is 6. The maximum absolute atomic E-state index is 5.36. The van der Waals surface area contributed by atoms with Crippen molar-refractivity contribution < 1.29 is 0 Å². The van der Waals surface area contributed by atoms with Crippen LogP contribution >= 0.6 is 0 Å². The first-order valence-electron chi connectivity index (χ1n) is 22.2. The monoisotopic (exact) mass is 830 g/mol. The molecular weight excluding hydrogens is 789 g/mol. The Bertz CT molecular complexity index is 3580. The molecule has 0 N–H and O–H groups in total. The average Bonchev–Trinajstić information content (AvgIpc) is 3.61. The zero-order valence-electron chi connectivity index (χ0n) is 36.1. The van der Waals surface area contributed by atoms with Gasteiger partial charge < -0.3 is 0 Å². The summed E-state index contributed by atoms with van der Waals surface area (Å²) in [5.41, 5.74) is 18.1. The normalized spacial score (nSPS) is 12.6. The molecule has 306 valence electrons. The van der Waals surface area contributed by atoms with Crippen LogP contribution in [0.25, 0.3) is 112 Å². The summed E-state index contributed by atoms with van der Waals surface area (Å²) in [6.07, 6.45) is 0. The number of aromatic nitrogens is 4. The molecule has 0 saturated heterocycles. The molecule has 0 saturated carbocycles. The van der Waals surface area contributed by atoms with Gasteiger partial charge in [0.2, 0.25) is 0 Å². The summed E-state index contributed by atoms with van der Waals surface area (Å²) >= 11 is 0. The van der Waals surface area contributed by atoms with Gasteiger partial charge in [0, 0.05) is 43.8 Å². The fourth-order valence-electron chi connectivity index (χ4n) is 9.77. The number of nitrogens with zero attached hydrogens (tertiary/aromatic N) is 4. The molecule has 9 aromatic carbocycles. The average molecular weight is 831 g/mol. The lowest BCUT2D eigenvalue weighted by Gasteiger charge is -2.22. The Morgan fingerprint density at radius 1 is 0.292 bits per heavy atom. The minimum Gasteiger partial charge on any atom is -0.247 e. The lowest BCUT2D eigenvalue weighted by Crippen LogP contribution is -2.14. The van der Waals surface area contributed by atoms with Crippen LogP contribution in [0.15, 0.2) is 218 Å². The Morgan fingerprint density at radius 2 is 0.754 bits per heavy atom. The van der Waals surface area contributed by atoms with Gasteiger partial charge in [-0.2, -0.15) is 0 Å². The Kier molecular flexibility index (Phi) is 9.13. The maximum Gasteiger partial charge on any atom is 0.164 e. The van der Waals surface area contributed by atoms with E-state index >= 15 is 0 Å². The minimum atomic E-state index is -0.0585. The number of rotatable bonds is 7. The molecular formula is C61H42N4. The predicted molar refractivity (Wildman–Crippen MR) is 268 cm³/mol. The summed E-state index contributed by atoms with van der Waals surface area (Å²) in [7, 11) is 0. The van der Waals surface area contributed by atoms with Gasteiger partial charge in [-0.05, 0) is 67.8 Å². The molecule has 0 radical (unpaired) electrons. The molecule has 4 heteroatoms. The molecule has 1 aliphatic rings. The number of benzene rings is 9. The van der Waals surface area contributed by atoms with Gasteiger partial charge in [-0.1, -0.05) is 220 Å². The first-order valence-corrected chi connectivity index (χ1v) is 22.2. The van der Waals surface area contributed by atoms with Crippen molar-refractivity contribution in [2.75, 3.05) is 0 Å². The predicted octanol–water partition coefficient (Wildman–Crippen LogP) is 15.5. The maximum atomic E-state index is 5.36. The second kappa shape index (κ2) is 15.5. The molecule has 2 aromatic heterocycles. The molecule has 0 bridgehead atoms. The van der Waals surface area contributed by atoms with Crippen LogP contribution in [0.4, 0.5) is 0 Å². The molecule has 2 heterocycles. The van der Waals surface area contributed by atoms with Crippen molar-refractivity contribution in [1.29, 1.82) is 0 Å². The van der Waals surface area contributed by atoms with Crippen LogP contribution in [0.3, 0.4) is 0 Å². The van der Waals surface area contributed by atoms with E-state index in [1.807, 2.05) is 30.3 Å². The highest BCUT2D eigenvalue weighted by Crippen LogP contribution is 2.49. The molecule has 0 spiro atoms. The number of hydrogen-bond acceptors (Lipinski definition) is 4. The molecule has 4 nitrogen and oxygen atoms in total. The van der Waals surface area contributed by atoms with Crippen LogP contribution in [0.1, 0.15) is 25.0 Å². The first kappa shape index (κ1) is 38.3. The van der Waals surface area contributed by atoms with E-state index in [2.05, 4.69) is 202 Å². The van der Waals surface area contributed by atoms with Crippen molar-refractivity contribution in [3.05, 3.63) is 230 Å². The molecule has 0 fully saturated rings. The summed E-state index contributed by atoms with van der Waals surface area (Å²) in [5.74, 6) is 1.89. The van der Waals surface area contributed by atoms with E-state index in [9.17, 15) is 0 Å². The van der Waals surface area contributed by atoms with Gasteiger partial charge in [0.15, 0.2) is 17.5 Å². The smallest absolute Gasteiger partial charge is 0.164 e. The van der Waals surface area contributed by atoms with Crippen LogP contribution < -0.4 is 0 Å². The summed E-state index contributed by atoms with van der Waals surface area (Å²) in [4.78, 5) is 20.5. The van der Waals surface area contributed by atoms with Crippen LogP contribution in [0.2, 0.25) is 0 Å². The molecule has 0 amide bonds. The molecule has 0 unspecified atom stereocenters. The quantitative estimate of drug-likeness (QED) is 0.150. The van der Waals surface area contributed by atoms with Crippen LogP contribution in [-0.2, 0) is 5.41 Å². The fourth-order valence-corrected chi connectivity index (χ4v) is 9.77. The summed E-state index contributed by atoms with van der Waals surface area (Å²) in [5, 5.41) is 3.47. The summed E-state index contributed by atoms with van der Waals surface area (Å²) < 4.78 is 0. The third-order valence-corrected chi connectivity index (χ3v) is 13.2. The second-order valence-corrected chi connectivity index (χ2v) is 17.4. The molecule has 1 aliphatic carbocycles. The SMILES string of the molecule is CC1(C)c2ccccc2-c2ccc(-c3ccc(-c4nc(-c5ccccc5)nc(-c5ccc(-c6ccc7c(c6)nc(-c6ccccc6)c6cccc(-c8ccccc8)c67)cc5)n4)cc3)cc21. The fraction of sp³-hybridized carbons (Fsp3) is 0.0492. The highest BCUT2D eigenvalue weighted by Gasteiger charge is 2.35. The minimum absolute atomic E-state index is 0.0585. The topological polar surface area (TPSA) is 51.6 Å². The van der Waals surface area contributed by atoms with Crippen molar-refractivity contribution >= 4 is 21.7 Å². The standard InChI is InChI=1S/C61H42N4/c1-61(2)53-24-13-12-21-49(53)50-35-33-46(37-54(50)61)39-25-29-44(30-26-39)59-63-58(43-19-10-5-11-20-43)64-60(65-59)45-31-27-40(28-32-45)47-34-36-51-55(38-47)62-57(42-17-8-4-9-18-42)52-23-14-22-48(56(51)52)41-15-6-3-7-16-41/h3-38H,1-2H3. The zero-order valence-corrected chi connectivity index (χ0v) is 36.1. The molecule has 12 rings (SSSR count). The van der Waals surface area contributed by atoms with E-state index in [1.165, 1.54) is 44.3 Å². The van der Waals surface area contributed by atoms with Gasteiger partial charge in [-0.25, -0.2) is 19.9 Å². The van der Waals surface area contributed by atoms with Crippen LogP contribution in [-0.4, -0.2) is 19.9 Å². The second-order valence-electron chi connectivity index (χ2n) is 17.4. The van der Waals surface area contributed by atoms with Crippen molar-refractivity contribution in [3.8, 4) is 89.9 Å². The Balaban J connectivity index is 0.904. The van der Waals surface area contributed by atoms with Crippen molar-refractivity contribution in [1.82, 2.24) is 19.9 Å². The highest BCUT2D eigenvalue weighted by molar-refractivity contribution is 6.17.